The normalized spacial score (nSPS) is 9.56. The van der Waals surface area contributed by atoms with E-state index in [1.807, 2.05) is 41.6 Å². The standard InChI is InChI=1S/C7H6IO/c1-5-2-3-7(9)6(8)4-5/h2-4H,1H3. The van der Waals surface area contributed by atoms with E-state index in [1.54, 1.807) is 6.07 Å². The first-order valence-corrected chi connectivity index (χ1v) is 3.71. The fourth-order valence-corrected chi connectivity index (χ4v) is 1.28. The van der Waals surface area contributed by atoms with Gasteiger partial charge in [0.2, 0.25) is 0 Å². The molecule has 0 saturated heterocycles. The maximum atomic E-state index is 10.8. The van der Waals surface area contributed by atoms with Crippen LogP contribution in [0, 0.1) is 10.5 Å². The summed E-state index contributed by atoms with van der Waals surface area (Å²) in [6.07, 6.45) is 0. The molecule has 0 spiro atoms. The van der Waals surface area contributed by atoms with E-state index in [1.165, 1.54) is 0 Å². The molecular weight excluding hydrogens is 227 g/mol. The second kappa shape index (κ2) is 2.56. The number of rotatable bonds is 0. The van der Waals surface area contributed by atoms with E-state index in [2.05, 4.69) is 0 Å². The van der Waals surface area contributed by atoms with Crippen molar-refractivity contribution in [3.8, 4) is 5.75 Å². The van der Waals surface area contributed by atoms with Crippen LogP contribution in [0.5, 0.6) is 5.75 Å². The van der Waals surface area contributed by atoms with Crippen molar-refractivity contribution in [1.82, 2.24) is 0 Å². The molecule has 0 aliphatic heterocycles. The average Bonchev–Trinajstić information content (AvgIpc) is 1.80. The van der Waals surface area contributed by atoms with Crippen molar-refractivity contribution in [1.29, 1.82) is 0 Å². The van der Waals surface area contributed by atoms with E-state index in [0.29, 0.717) is 0 Å². The zero-order valence-electron chi connectivity index (χ0n) is 5.02. The van der Waals surface area contributed by atoms with Crippen molar-refractivity contribution >= 4 is 22.6 Å². The van der Waals surface area contributed by atoms with Gasteiger partial charge in [-0.15, -0.1) is 0 Å². The minimum atomic E-state index is 0.112. The second-order valence-corrected chi connectivity index (χ2v) is 3.10. The Hall–Kier alpha value is -0.250. The topological polar surface area (TPSA) is 19.9 Å². The van der Waals surface area contributed by atoms with Crippen LogP contribution in [0.25, 0.3) is 0 Å². The molecule has 2 heteroatoms. The van der Waals surface area contributed by atoms with Crippen LogP contribution < -0.4 is 0 Å². The van der Waals surface area contributed by atoms with Crippen molar-refractivity contribution in [2.24, 2.45) is 0 Å². The van der Waals surface area contributed by atoms with Crippen molar-refractivity contribution in [2.75, 3.05) is 0 Å². The molecular formula is C7H6IO. The quantitative estimate of drug-likeness (QED) is 0.614. The molecule has 1 rings (SSSR count). The third-order valence-electron chi connectivity index (χ3n) is 1.09. The molecule has 0 saturated carbocycles. The Bertz CT molecular complexity index is 220. The number of hydrogen-bond acceptors (Lipinski definition) is 0. The first-order chi connectivity index (χ1) is 4.20. The molecule has 47 valence electrons. The van der Waals surface area contributed by atoms with Gasteiger partial charge in [-0.3, -0.25) is 5.11 Å². The largest absolute Gasteiger partial charge is 0.289 e. The minimum Gasteiger partial charge on any atom is -0.289 e. The third kappa shape index (κ3) is 1.58. The van der Waals surface area contributed by atoms with Gasteiger partial charge in [-0.1, -0.05) is 6.07 Å². The molecule has 9 heavy (non-hydrogen) atoms. The highest BCUT2D eigenvalue weighted by Crippen LogP contribution is 2.19. The predicted molar refractivity (Wildman–Crippen MR) is 44.0 cm³/mol. The van der Waals surface area contributed by atoms with E-state index in [4.69, 9.17) is 0 Å². The molecule has 0 bridgehead atoms. The lowest BCUT2D eigenvalue weighted by Gasteiger charge is -1.92. The summed E-state index contributed by atoms with van der Waals surface area (Å²) in [6, 6.07) is 5.30. The third-order valence-corrected chi connectivity index (χ3v) is 1.93. The second-order valence-electron chi connectivity index (χ2n) is 1.93. The molecule has 0 aliphatic rings. The lowest BCUT2D eigenvalue weighted by Crippen LogP contribution is -1.73. The van der Waals surface area contributed by atoms with Crippen molar-refractivity contribution in [2.45, 2.75) is 6.92 Å². The molecule has 0 unspecified atom stereocenters. The van der Waals surface area contributed by atoms with Crippen LogP contribution in [0.3, 0.4) is 0 Å². The first-order valence-electron chi connectivity index (χ1n) is 2.63. The van der Waals surface area contributed by atoms with E-state index in [9.17, 15) is 5.11 Å². The van der Waals surface area contributed by atoms with Crippen LogP contribution in [0.2, 0.25) is 0 Å². The highest BCUT2D eigenvalue weighted by molar-refractivity contribution is 14.1. The summed E-state index contributed by atoms with van der Waals surface area (Å²) in [5, 5.41) is 10.8. The summed E-state index contributed by atoms with van der Waals surface area (Å²) in [4.78, 5) is 0. The number of hydrogen-bond donors (Lipinski definition) is 0. The van der Waals surface area contributed by atoms with Crippen molar-refractivity contribution in [3.05, 3.63) is 27.3 Å². The van der Waals surface area contributed by atoms with Gasteiger partial charge in [-0.2, -0.15) is 0 Å². The molecule has 0 heterocycles. The first kappa shape index (κ1) is 6.86. The van der Waals surface area contributed by atoms with Gasteiger partial charge in [0, 0.05) is 0 Å². The average molecular weight is 233 g/mol. The Morgan fingerprint density at radius 1 is 1.44 bits per heavy atom. The van der Waals surface area contributed by atoms with Crippen molar-refractivity contribution < 1.29 is 5.11 Å². The Morgan fingerprint density at radius 2 is 2.11 bits per heavy atom. The van der Waals surface area contributed by atoms with Crippen LogP contribution in [0.1, 0.15) is 5.56 Å². The van der Waals surface area contributed by atoms with Crippen LogP contribution in [-0.2, 0) is 5.11 Å². The highest BCUT2D eigenvalue weighted by atomic mass is 127. The van der Waals surface area contributed by atoms with Crippen molar-refractivity contribution in [3.63, 3.8) is 0 Å². The van der Waals surface area contributed by atoms with Gasteiger partial charge in [0.1, 0.15) is 0 Å². The van der Waals surface area contributed by atoms with Gasteiger partial charge in [-0.25, -0.2) is 0 Å². The number of benzene rings is 1. The van der Waals surface area contributed by atoms with Crippen LogP contribution >= 0.6 is 22.6 Å². The molecule has 0 aliphatic carbocycles. The summed E-state index contributed by atoms with van der Waals surface area (Å²) in [7, 11) is 0. The predicted octanol–water partition coefficient (Wildman–Crippen LogP) is 2.74. The zero-order valence-corrected chi connectivity index (χ0v) is 7.18. The van der Waals surface area contributed by atoms with Crippen LogP contribution in [-0.4, -0.2) is 0 Å². The van der Waals surface area contributed by atoms with Crippen LogP contribution in [0.4, 0.5) is 0 Å². The van der Waals surface area contributed by atoms with Gasteiger partial charge >= 0.3 is 0 Å². The Morgan fingerprint density at radius 3 is 2.56 bits per heavy atom. The SMILES string of the molecule is Cc1ccc([O])c(I)c1. The summed E-state index contributed by atoms with van der Waals surface area (Å²) in [5.41, 5.74) is 1.14. The summed E-state index contributed by atoms with van der Waals surface area (Å²) >= 11 is 2.04. The fraction of sp³-hybridized carbons (Fsp3) is 0.143. The van der Waals surface area contributed by atoms with Crippen LogP contribution in [0.15, 0.2) is 18.2 Å². The molecule has 0 fully saturated rings. The van der Waals surface area contributed by atoms with Gasteiger partial charge in [-0.05, 0) is 47.2 Å². The molecule has 0 atom stereocenters. The molecule has 0 N–H and O–H groups in total. The zero-order chi connectivity index (χ0) is 6.85. The van der Waals surface area contributed by atoms with Gasteiger partial charge in [0.05, 0.1) is 3.57 Å². The molecule has 1 aromatic carbocycles. The molecule has 0 amide bonds. The summed E-state index contributed by atoms with van der Waals surface area (Å²) in [5.74, 6) is 0.112. The smallest absolute Gasteiger partial charge is 0.191 e. The Labute approximate surface area is 67.9 Å². The monoisotopic (exact) mass is 233 g/mol. The van der Waals surface area contributed by atoms with E-state index >= 15 is 0 Å². The summed E-state index contributed by atoms with van der Waals surface area (Å²) < 4.78 is 0.799. The highest BCUT2D eigenvalue weighted by Gasteiger charge is 1.96. The van der Waals surface area contributed by atoms with Gasteiger partial charge in [0.25, 0.3) is 0 Å². The van der Waals surface area contributed by atoms with E-state index < -0.39 is 0 Å². The van der Waals surface area contributed by atoms with Gasteiger partial charge in [0.15, 0.2) is 5.75 Å². The molecule has 1 nitrogen and oxygen atoms in total. The molecule has 1 radical (unpaired) electrons. The Kier molecular flexibility index (Phi) is 1.95. The number of halogens is 1. The van der Waals surface area contributed by atoms with E-state index in [-0.39, 0.29) is 5.75 Å². The summed E-state index contributed by atoms with van der Waals surface area (Å²) in [6.45, 7) is 1.97. The van der Waals surface area contributed by atoms with E-state index in [0.717, 1.165) is 9.13 Å². The maximum absolute atomic E-state index is 10.8. The molecule has 1 aromatic rings. The number of aryl methyl sites for hydroxylation is 1. The van der Waals surface area contributed by atoms with Gasteiger partial charge < -0.3 is 0 Å². The lowest BCUT2D eigenvalue weighted by molar-refractivity contribution is 0.351. The fourth-order valence-electron chi connectivity index (χ4n) is 0.606. The molecule has 0 aromatic heterocycles. The minimum absolute atomic E-state index is 0.112. The Balaban J connectivity index is 3.17. The maximum Gasteiger partial charge on any atom is 0.191 e. The lowest BCUT2D eigenvalue weighted by atomic mass is 10.2.